The molecule has 7 heteroatoms. The van der Waals surface area contributed by atoms with Crippen LogP contribution in [0.25, 0.3) is 10.9 Å². The predicted molar refractivity (Wildman–Crippen MR) is 69.7 cm³/mol. The Kier molecular flexibility index (Phi) is 2.97. The van der Waals surface area contributed by atoms with Gasteiger partial charge in [0, 0.05) is 42.8 Å². The summed E-state index contributed by atoms with van der Waals surface area (Å²) in [4.78, 5) is 23.9. The van der Waals surface area contributed by atoms with Crippen LogP contribution < -0.4 is 0 Å². The van der Waals surface area contributed by atoms with Crippen LogP contribution in [0.3, 0.4) is 0 Å². The Morgan fingerprint density at radius 3 is 2.53 bits per heavy atom. The molecule has 0 spiro atoms. The van der Waals surface area contributed by atoms with E-state index in [2.05, 4.69) is 4.98 Å². The Balaban J connectivity index is 2.50. The number of para-hydroxylation sites is 1. The molecule has 0 saturated heterocycles. The number of rotatable bonds is 4. The van der Waals surface area contributed by atoms with Gasteiger partial charge in [-0.05, 0) is 5.56 Å². The second-order valence-corrected chi connectivity index (χ2v) is 5.02. The molecule has 0 atom stereocenters. The first-order valence-corrected chi connectivity index (χ1v) is 5.71. The lowest BCUT2D eigenvalue weighted by Crippen LogP contribution is -2.33. The van der Waals surface area contributed by atoms with Gasteiger partial charge in [-0.2, -0.15) is 0 Å². The van der Waals surface area contributed by atoms with Gasteiger partial charge in [0.15, 0.2) is 0 Å². The summed E-state index contributed by atoms with van der Waals surface area (Å²) in [5.41, 5.74) is -0.0237. The van der Waals surface area contributed by atoms with Gasteiger partial charge < -0.3 is 4.98 Å². The maximum atomic E-state index is 10.9. The number of hydrogen-bond donors (Lipinski definition) is 1. The van der Waals surface area contributed by atoms with Gasteiger partial charge in [-0.3, -0.25) is 20.2 Å². The molecular formula is C12H13N3O4. The van der Waals surface area contributed by atoms with E-state index < -0.39 is 10.5 Å². The van der Waals surface area contributed by atoms with E-state index >= 15 is 0 Å². The summed E-state index contributed by atoms with van der Waals surface area (Å²) in [6.07, 6.45) is 1.81. The highest BCUT2D eigenvalue weighted by Gasteiger charge is 2.32. The minimum absolute atomic E-state index is 0.0253. The molecule has 7 nitrogen and oxygen atoms in total. The van der Waals surface area contributed by atoms with E-state index in [-0.39, 0.29) is 17.0 Å². The zero-order chi connectivity index (χ0) is 14.2. The van der Waals surface area contributed by atoms with E-state index in [0.29, 0.717) is 16.5 Å². The van der Waals surface area contributed by atoms with Gasteiger partial charge in [0.1, 0.15) is 5.52 Å². The summed E-state index contributed by atoms with van der Waals surface area (Å²) in [6, 6.07) is 4.71. The topological polar surface area (TPSA) is 102 Å². The van der Waals surface area contributed by atoms with Crippen molar-refractivity contribution in [1.82, 2.24) is 4.98 Å². The standard InChI is InChI=1S/C12H13N3O4/c1-12(2,15(18)19)6-8-7-13-11-9(8)4-3-5-10(11)14(16)17/h3-5,7,13H,6H2,1-2H3. The molecule has 0 amide bonds. The number of fused-ring (bicyclic) bond motifs is 1. The van der Waals surface area contributed by atoms with Crippen molar-refractivity contribution >= 4 is 16.6 Å². The fourth-order valence-electron chi connectivity index (χ4n) is 2.03. The Hall–Kier alpha value is -2.44. The van der Waals surface area contributed by atoms with E-state index in [1.807, 2.05) is 0 Å². The van der Waals surface area contributed by atoms with Crippen LogP contribution in [0, 0.1) is 20.2 Å². The second kappa shape index (κ2) is 4.34. The first kappa shape index (κ1) is 13.0. The average Bonchev–Trinajstić information content (AvgIpc) is 2.71. The molecule has 0 fully saturated rings. The maximum Gasteiger partial charge on any atom is 0.293 e. The summed E-state index contributed by atoms with van der Waals surface area (Å²) >= 11 is 0. The van der Waals surface area contributed by atoms with Crippen molar-refractivity contribution in [3.8, 4) is 0 Å². The highest BCUT2D eigenvalue weighted by molar-refractivity contribution is 5.90. The third kappa shape index (κ3) is 2.26. The minimum atomic E-state index is -1.11. The first-order valence-electron chi connectivity index (χ1n) is 5.71. The van der Waals surface area contributed by atoms with Crippen LogP contribution in [0.15, 0.2) is 24.4 Å². The Bertz CT molecular complexity index is 660. The van der Waals surface area contributed by atoms with Gasteiger partial charge in [0.2, 0.25) is 5.54 Å². The van der Waals surface area contributed by atoms with E-state index in [1.54, 1.807) is 18.3 Å². The lowest BCUT2D eigenvalue weighted by Gasteiger charge is -2.14. The van der Waals surface area contributed by atoms with Gasteiger partial charge in [0.25, 0.3) is 5.69 Å². The third-order valence-electron chi connectivity index (χ3n) is 3.09. The molecule has 0 unspecified atom stereocenters. The van der Waals surface area contributed by atoms with E-state index in [9.17, 15) is 20.2 Å². The molecule has 2 rings (SSSR count). The van der Waals surface area contributed by atoms with Crippen LogP contribution in [0.4, 0.5) is 5.69 Å². The Morgan fingerprint density at radius 2 is 1.95 bits per heavy atom. The van der Waals surface area contributed by atoms with Gasteiger partial charge in [-0.15, -0.1) is 0 Å². The van der Waals surface area contributed by atoms with Crippen molar-refractivity contribution in [2.75, 3.05) is 0 Å². The van der Waals surface area contributed by atoms with E-state index in [4.69, 9.17) is 0 Å². The molecule has 1 aromatic carbocycles. The van der Waals surface area contributed by atoms with Crippen LogP contribution in [0.5, 0.6) is 0 Å². The molecule has 0 aliphatic rings. The van der Waals surface area contributed by atoms with Crippen LogP contribution in [-0.4, -0.2) is 20.4 Å². The number of benzene rings is 1. The summed E-state index contributed by atoms with van der Waals surface area (Å²) in [5.74, 6) is 0. The van der Waals surface area contributed by atoms with Crippen molar-refractivity contribution in [3.63, 3.8) is 0 Å². The fraction of sp³-hybridized carbons (Fsp3) is 0.333. The van der Waals surface area contributed by atoms with Gasteiger partial charge in [0.05, 0.1) is 4.92 Å². The molecule has 0 aliphatic heterocycles. The second-order valence-electron chi connectivity index (χ2n) is 5.02. The van der Waals surface area contributed by atoms with Crippen LogP contribution in [0.2, 0.25) is 0 Å². The smallest absolute Gasteiger partial charge is 0.293 e. The third-order valence-corrected chi connectivity index (χ3v) is 3.09. The van der Waals surface area contributed by atoms with Crippen LogP contribution in [0.1, 0.15) is 19.4 Å². The summed E-state index contributed by atoms with van der Waals surface area (Å²) in [6.45, 7) is 3.06. The highest BCUT2D eigenvalue weighted by atomic mass is 16.6. The number of nitro benzene ring substituents is 1. The van der Waals surface area contributed by atoms with Crippen molar-refractivity contribution in [1.29, 1.82) is 0 Å². The van der Waals surface area contributed by atoms with Crippen molar-refractivity contribution in [2.45, 2.75) is 25.8 Å². The molecule has 0 radical (unpaired) electrons. The zero-order valence-corrected chi connectivity index (χ0v) is 10.5. The number of non-ortho nitro benzene ring substituents is 1. The Morgan fingerprint density at radius 1 is 1.26 bits per heavy atom. The molecule has 2 aromatic rings. The van der Waals surface area contributed by atoms with E-state index in [1.165, 1.54) is 19.9 Å². The number of nitrogens with zero attached hydrogens (tertiary/aromatic N) is 2. The quantitative estimate of drug-likeness (QED) is 0.676. The first-order chi connectivity index (χ1) is 8.83. The largest absolute Gasteiger partial charge is 0.355 e. The lowest BCUT2D eigenvalue weighted by atomic mass is 9.95. The number of hydrogen-bond acceptors (Lipinski definition) is 4. The molecule has 0 saturated carbocycles. The number of nitrogens with one attached hydrogen (secondary N) is 1. The SMILES string of the molecule is CC(C)(Cc1c[nH]c2c([N+](=O)[O-])cccc12)[N+](=O)[O-]. The van der Waals surface area contributed by atoms with Crippen molar-refractivity contribution < 1.29 is 9.85 Å². The summed E-state index contributed by atoms with van der Waals surface area (Å²) in [5, 5.41) is 22.5. The average molecular weight is 263 g/mol. The molecule has 19 heavy (non-hydrogen) atoms. The van der Waals surface area contributed by atoms with Gasteiger partial charge in [-0.1, -0.05) is 12.1 Å². The van der Waals surface area contributed by atoms with Crippen LogP contribution in [-0.2, 0) is 6.42 Å². The monoisotopic (exact) mass is 263 g/mol. The molecule has 0 aliphatic carbocycles. The fourth-order valence-corrected chi connectivity index (χ4v) is 2.03. The lowest BCUT2D eigenvalue weighted by molar-refractivity contribution is -0.560. The maximum absolute atomic E-state index is 10.9. The summed E-state index contributed by atoms with van der Waals surface area (Å²) in [7, 11) is 0. The number of nitro groups is 2. The number of aromatic amines is 1. The minimum Gasteiger partial charge on any atom is -0.355 e. The molecule has 0 bridgehead atoms. The number of H-pyrrole nitrogens is 1. The molecule has 1 N–H and O–H groups in total. The molecule has 1 aromatic heterocycles. The van der Waals surface area contributed by atoms with Gasteiger partial charge in [-0.25, -0.2) is 0 Å². The normalized spacial score (nSPS) is 11.7. The highest BCUT2D eigenvalue weighted by Crippen LogP contribution is 2.29. The van der Waals surface area contributed by atoms with Crippen molar-refractivity contribution in [3.05, 3.63) is 50.2 Å². The van der Waals surface area contributed by atoms with Crippen LogP contribution >= 0.6 is 0 Å². The predicted octanol–water partition coefficient (Wildman–Crippen LogP) is 2.67. The Labute approximate surface area is 108 Å². The van der Waals surface area contributed by atoms with Crippen molar-refractivity contribution in [2.24, 2.45) is 0 Å². The number of aromatic nitrogens is 1. The molecule has 100 valence electrons. The van der Waals surface area contributed by atoms with Gasteiger partial charge >= 0.3 is 0 Å². The zero-order valence-electron chi connectivity index (χ0n) is 10.5. The van der Waals surface area contributed by atoms with E-state index in [0.717, 1.165) is 0 Å². The molecule has 1 heterocycles. The molecular weight excluding hydrogens is 250 g/mol. The summed E-state index contributed by atoms with van der Waals surface area (Å²) < 4.78 is 0.